The van der Waals surface area contributed by atoms with Crippen molar-refractivity contribution in [1.82, 2.24) is 4.57 Å². The Morgan fingerprint density at radius 2 is 1.26 bits per heavy atom. The van der Waals surface area contributed by atoms with Crippen molar-refractivity contribution in [2.24, 2.45) is 5.41 Å². The van der Waals surface area contributed by atoms with Gasteiger partial charge in [-0.15, -0.1) is 11.3 Å². The summed E-state index contributed by atoms with van der Waals surface area (Å²) in [7, 11) is 0. The van der Waals surface area contributed by atoms with Crippen LogP contribution in [0.4, 0.5) is 22.7 Å². The molecule has 16 rings (SSSR count). The maximum atomic E-state index is 3.03. The van der Waals surface area contributed by atoms with Gasteiger partial charge in [-0.3, -0.25) is 0 Å². The van der Waals surface area contributed by atoms with Crippen molar-refractivity contribution in [2.75, 3.05) is 9.80 Å². The van der Waals surface area contributed by atoms with Crippen LogP contribution in [-0.2, 0) is 21.7 Å². The summed E-state index contributed by atoms with van der Waals surface area (Å²) in [5, 5.41) is 2.76. The average molecular weight is 1010 g/mol. The number of anilines is 4. The number of fused-ring (bicyclic) bond motifs is 18. The summed E-state index contributed by atoms with van der Waals surface area (Å²) in [4.78, 5) is 5.94. The molecule has 4 aliphatic carbocycles. The van der Waals surface area contributed by atoms with E-state index in [1.807, 2.05) is 11.3 Å². The molecule has 8 aromatic rings. The standard InChI is InChI=1S/C71H74BN3S/c1-65(2,3)42-28-29-55-51(37-42)68(9)30-17-19-32-70(68,11)74(55)44-39-56-60-57(40-44)75-63-52(69(10)31-18-20-33-71(69,75)12)34-41(45-24-21-25-47-46-22-14-16-27-58(46)76-64(45)47)35-53(63)72(60)54-38-43(66(4,5)6)36-49-59-62(73(56)61(49)54)48-23-13-15-26-50(48)67(59,7)8/h13-16,21-29,34-37,39-40,54H,17-20,30-33,38H2,1-12H3. The van der Waals surface area contributed by atoms with Gasteiger partial charge in [-0.2, -0.15) is 0 Å². The van der Waals surface area contributed by atoms with Crippen LogP contribution in [0.1, 0.15) is 186 Å². The van der Waals surface area contributed by atoms with Crippen LogP contribution in [0.2, 0.25) is 0 Å². The first kappa shape index (κ1) is 46.3. The highest BCUT2D eigenvalue weighted by molar-refractivity contribution is 7.26. The number of hydrogen-bond donors (Lipinski definition) is 0. The molecule has 0 radical (unpaired) electrons. The summed E-state index contributed by atoms with van der Waals surface area (Å²) in [5.74, 6) is 0.271. The van der Waals surface area contributed by atoms with Gasteiger partial charge in [0.1, 0.15) is 0 Å². The lowest BCUT2D eigenvalue weighted by Gasteiger charge is -2.54. The topological polar surface area (TPSA) is 11.4 Å². The Morgan fingerprint density at radius 1 is 0.592 bits per heavy atom. The Bertz CT molecular complexity index is 3980. The fraction of sp³-hybridized carbons (Fsp3) is 0.408. The molecule has 6 heterocycles. The first-order valence-electron chi connectivity index (χ1n) is 29.3. The molecule has 2 saturated carbocycles. The number of hydrogen-bond acceptors (Lipinski definition) is 3. The van der Waals surface area contributed by atoms with Gasteiger partial charge >= 0.3 is 0 Å². The lowest BCUT2D eigenvalue weighted by molar-refractivity contribution is 0.194. The quantitative estimate of drug-likeness (QED) is 0.160. The van der Waals surface area contributed by atoms with Crippen molar-refractivity contribution in [3.05, 3.63) is 154 Å². The average Bonchev–Trinajstić information content (AvgIpc) is 4.19. The molecule has 2 fully saturated rings. The molecule has 0 N–H and O–H groups in total. The molecule has 0 bridgehead atoms. The fourth-order valence-electron chi connectivity index (χ4n) is 18.2. The SMILES string of the molecule is CC(C)(C)C1=Cc2c3c(n4c2C(C1)B1c2cc(-c5cccc6c5sc5ccccc56)cc5c2N(c2cc(N6c7ccc(C(C)(C)C)cc7C7(C)CCCCC67C)cc-4c21)C1(C)CCCCC51C)-c1ccccc1C3(C)C. The minimum atomic E-state index is -0.157. The van der Waals surface area contributed by atoms with E-state index >= 15 is 0 Å². The van der Waals surface area contributed by atoms with Crippen molar-refractivity contribution in [1.29, 1.82) is 0 Å². The van der Waals surface area contributed by atoms with Crippen LogP contribution in [0.25, 0.3) is 54.3 Å². The molecular formula is C71H74BN3S. The molecule has 5 unspecified atom stereocenters. The molecule has 5 heteroatoms. The molecule has 8 aliphatic rings. The molecule has 5 atom stereocenters. The normalized spacial score (nSPS) is 26.9. The summed E-state index contributed by atoms with van der Waals surface area (Å²) in [6.07, 6.45) is 13.6. The maximum absolute atomic E-state index is 3.03. The van der Waals surface area contributed by atoms with Crippen molar-refractivity contribution in [3.8, 4) is 28.1 Å². The molecule has 3 nitrogen and oxygen atoms in total. The Kier molecular flexibility index (Phi) is 8.82. The van der Waals surface area contributed by atoms with Gasteiger partial charge in [0.25, 0.3) is 0 Å². The summed E-state index contributed by atoms with van der Waals surface area (Å²) >= 11 is 1.98. The molecule has 0 spiro atoms. The van der Waals surface area contributed by atoms with Crippen LogP contribution in [0.3, 0.4) is 0 Å². The third-order valence-corrected chi connectivity index (χ3v) is 23.8. The second kappa shape index (κ2) is 14.5. The number of allylic oxidation sites excluding steroid dienone is 1. The van der Waals surface area contributed by atoms with Crippen molar-refractivity contribution < 1.29 is 0 Å². The fourth-order valence-corrected chi connectivity index (χ4v) is 19.4. The highest BCUT2D eigenvalue weighted by atomic mass is 32.1. The Morgan fingerprint density at radius 3 is 2.03 bits per heavy atom. The molecule has 76 heavy (non-hydrogen) atoms. The van der Waals surface area contributed by atoms with Crippen molar-refractivity contribution in [3.63, 3.8) is 0 Å². The predicted octanol–water partition coefficient (Wildman–Crippen LogP) is 18.0. The Labute approximate surface area is 456 Å². The number of benzene rings is 6. The Balaban J connectivity index is 1.05. The molecule has 0 amide bonds. The van der Waals surface area contributed by atoms with E-state index < -0.39 is 0 Å². The number of thiophene rings is 1. The summed E-state index contributed by atoms with van der Waals surface area (Å²) < 4.78 is 5.70. The molecule has 382 valence electrons. The van der Waals surface area contributed by atoms with E-state index in [-0.39, 0.29) is 50.7 Å². The summed E-state index contributed by atoms with van der Waals surface area (Å²) in [6.45, 7) is 30.5. The van der Waals surface area contributed by atoms with Gasteiger partial charge in [-0.25, -0.2) is 0 Å². The number of aromatic nitrogens is 1. The molecule has 4 aliphatic heterocycles. The largest absolute Gasteiger partial charge is 0.335 e. The highest BCUT2D eigenvalue weighted by Gasteiger charge is 2.64. The van der Waals surface area contributed by atoms with Crippen molar-refractivity contribution >= 4 is 78.0 Å². The molecule has 2 aromatic heterocycles. The van der Waals surface area contributed by atoms with Gasteiger partial charge in [-0.1, -0.05) is 185 Å². The van der Waals surface area contributed by atoms with Gasteiger partial charge in [0.05, 0.1) is 16.8 Å². The highest BCUT2D eigenvalue weighted by Crippen LogP contribution is 2.67. The second-order valence-electron chi connectivity index (χ2n) is 28.7. The van der Waals surface area contributed by atoms with Crippen LogP contribution < -0.4 is 20.7 Å². The third kappa shape index (κ3) is 5.39. The summed E-state index contributed by atoms with van der Waals surface area (Å²) in [6, 6.07) is 44.4. The number of nitrogens with zero attached hydrogens (tertiary/aromatic N) is 3. The lowest BCUT2D eigenvalue weighted by Crippen LogP contribution is -2.62. The van der Waals surface area contributed by atoms with E-state index in [2.05, 4.69) is 213 Å². The number of rotatable bonds is 2. The monoisotopic (exact) mass is 1010 g/mol. The zero-order valence-corrected chi connectivity index (χ0v) is 48.1. The van der Waals surface area contributed by atoms with Gasteiger partial charge in [0.15, 0.2) is 0 Å². The smallest absolute Gasteiger partial charge is 0.226 e. The molecule has 0 saturated heterocycles. The first-order chi connectivity index (χ1) is 36.2. The molecular weight excluding hydrogens is 938 g/mol. The van der Waals surface area contributed by atoms with E-state index in [0.717, 1.165) is 6.42 Å². The minimum Gasteiger partial charge on any atom is -0.335 e. The zero-order valence-electron chi connectivity index (χ0n) is 47.2. The van der Waals surface area contributed by atoms with Gasteiger partial charge < -0.3 is 14.4 Å². The first-order valence-corrected chi connectivity index (χ1v) is 30.1. The lowest BCUT2D eigenvalue weighted by atomic mass is 9.29. The minimum absolute atomic E-state index is 0.0165. The Hall–Kier alpha value is -5.78. The second-order valence-corrected chi connectivity index (χ2v) is 29.7. The van der Waals surface area contributed by atoms with Gasteiger partial charge in [-0.05, 0) is 143 Å². The van der Waals surface area contributed by atoms with E-state index in [1.165, 1.54) is 145 Å². The van der Waals surface area contributed by atoms with Gasteiger partial charge in [0, 0.05) is 81.7 Å². The molecule has 6 aromatic carbocycles. The zero-order chi connectivity index (χ0) is 52.2. The van der Waals surface area contributed by atoms with Crippen LogP contribution in [0, 0.1) is 5.41 Å². The third-order valence-electron chi connectivity index (χ3n) is 22.6. The van der Waals surface area contributed by atoms with Crippen molar-refractivity contribution in [2.45, 2.75) is 179 Å². The summed E-state index contributed by atoms with van der Waals surface area (Å²) in [5.41, 5.74) is 27.9. The van der Waals surface area contributed by atoms with E-state index in [0.29, 0.717) is 0 Å². The van der Waals surface area contributed by atoms with Crippen LogP contribution >= 0.6 is 11.3 Å². The van der Waals surface area contributed by atoms with Crippen LogP contribution in [0.15, 0.2) is 115 Å². The van der Waals surface area contributed by atoms with E-state index in [1.54, 1.807) is 33.3 Å². The van der Waals surface area contributed by atoms with Gasteiger partial charge in [0.2, 0.25) is 6.71 Å². The van der Waals surface area contributed by atoms with Crippen LogP contribution in [0.5, 0.6) is 0 Å². The maximum Gasteiger partial charge on any atom is 0.226 e. The predicted molar refractivity (Wildman–Crippen MR) is 326 cm³/mol. The van der Waals surface area contributed by atoms with Crippen LogP contribution in [-0.4, -0.2) is 22.4 Å². The van der Waals surface area contributed by atoms with E-state index in [9.17, 15) is 0 Å². The van der Waals surface area contributed by atoms with E-state index in [4.69, 9.17) is 0 Å².